The summed E-state index contributed by atoms with van der Waals surface area (Å²) < 4.78 is 0. The number of hydrogen-bond acceptors (Lipinski definition) is 0. The molecule has 0 bridgehead atoms. The van der Waals surface area contributed by atoms with Gasteiger partial charge in [-0.3, -0.25) is 0 Å². The molecule has 4 rings (SSSR count). The van der Waals surface area contributed by atoms with Crippen molar-refractivity contribution in [2.45, 2.75) is 11.6 Å². The zero-order valence-electron chi connectivity index (χ0n) is 11.9. The van der Waals surface area contributed by atoms with Crippen LogP contribution in [0.5, 0.6) is 0 Å². The smallest absolute Gasteiger partial charge is 0.0626 e. The fourth-order valence-electron chi connectivity index (χ4n) is 3.63. The minimum Gasteiger partial charge on any atom is -0.0626 e. The Labute approximate surface area is 127 Å². The summed E-state index contributed by atoms with van der Waals surface area (Å²) >= 11 is 0. The predicted octanol–water partition coefficient (Wildman–Crippen LogP) is 3.59. The van der Waals surface area contributed by atoms with Gasteiger partial charge in [0.1, 0.15) is 8.07 Å². The Balaban J connectivity index is 1.83. The molecule has 1 unspecified atom stereocenters. The quantitative estimate of drug-likeness (QED) is 0.646. The molecule has 0 nitrogen and oxygen atoms in total. The molecule has 1 saturated heterocycles. The molecule has 0 spiro atoms. The van der Waals surface area contributed by atoms with Crippen molar-refractivity contribution >= 4 is 18.4 Å². The molecule has 1 heterocycles. The lowest BCUT2D eigenvalue weighted by molar-refractivity contribution is 1.21. The van der Waals surface area contributed by atoms with E-state index in [2.05, 4.69) is 91.0 Å². The Morgan fingerprint density at radius 1 is 0.571 bits per heavy atom. The average Bonchev–Trinajstić information content (AvgIpc) is 3.34. The van der Waals surface area contributed by atoms with Gasteiger partial charge in [-0.15, -0.1) is 0 Å². The van der Waals surface area contributed by atoms with E-state index in [4.69, 9.17) is 0 Å². The van der Waals surface area contributed by atoms with Crippen LogP contribution in [0.3, 0.4) is 0 Å². The monoisotopic (exact) mass is 286 g/mol. The van der Waals surface area contributed by atoms with Crippen molar-refractivity contribution in [2.75, 3.05) is 0 Å². The maximum atomic E-state index is 2.34. The van der Waals surface area contributed by atoms with Crippen LogP contribution in [0, 0.1) is 0 Å². The molecule has 1 aliphatic rings. The van der Waals surface area contributed by atoms with E-state index in [0.29, 0.717) is 0 Å². The molecule has 0 N–H and O–H groups in total. The summed E-state index contributed by atoms with van der Waals surface area (Å²) in [4.78, 5) is 0. The van der Waals surface area contributed by atoms with Gasteiger partial charge in [-0.2, -0.15) is 0 Å². The SMILES string of the molecule is c1ccc(C2C[Si]2(c2ccccc2)c2ccccc2)cc1. The number of benzene rings is 3. The van der Waals surface area contributed by atoms with E-state index in [-0.39, 0.29) is 0 Å². The van der Waals surface area contributed by atoms with Crippen molar-refractivity contribution in [1.29, 1.82) is 0 Å². The van der Waals surface area contributed by atoms with Crippen LogP contribution in [-0.4, -0.2) is 8.07 Å². The van der Waals surface area contributed by atoms with E-state index in [1.165, 1.54) is 11.6 Å². The normalized spacial score (nSPS) is 19.1. The third-order valence-electron chi connectivity index (χ3n) is 4.74. The van der Waals surface area contributed by atoms with Gasteiger partial charge >= 0.3 is 0 Å². The van der Waals surface area contributed by atoms with Crippen LogP contribution in [0.1, 0.15) is 11.1 Å². The van der Waals surface area contributed by atoms with Crippen molar-refractivity contribution in [3.05, 3.63) is 96.6 Å². The highest BCUT2D eigenvalue weighted by atomic mass is 28.3. The summed E-state index contributed by atoms with van der Waals surface area (Å²) in [6.45, 7) is 0. The van der Waals surface area contributed by atoms with Crippen molar-refractivity contribution in [3.8, 4) is 0 Å². The first-order valence-electron chi connectivity index (χ1n) is 7.57. The minimum atomic E-state index is -1.58. The molecule has 3 aromatic rings. The van der Waals surface area contributed by atoms with E-state index in [1.807, 2.05) is 0 Å². The molecule has 102 valence electrons. The van der Waals surface area contributed by atoms with Crippen molar-refractivity contribution in [1.82, 2.24) is 0 Å². The molecule has 1 heteroatoms. The largest absolute Gasteiger partial charge is 0.125 e. The van der Waals surface area contributed by atoms with Gasteiger partial charge < -0.3 is 0 Å². The van der Waals surface area contributed by atoms with Crippen LogP contribution in [0.2, 0.25) is 6.04 Å². The average molecular weight is 286 g/mol. The molecule has 0 saturated carbocycles. The van der Waals surface area contributed by atoms with Gasteiger partial charge in [-0.25, -0.2) is 0 Å². The third-order valence-corrected chi connectivity index (χ3v) is 9.72. The highest BCUT2D eigenvalue weighted by Gasteiger charge is 2.59. The highest BCUT2D eigenvalue weighted by molar-refractivity contribution is 7.11. The summed E-state index contributed by atoms with van der Waals surface area (Å²) in [5.74, 6) is 0. The maximum absolute atomic E-state index is 2.34. The molecule has 1 fully saturated rings. The minimum absolute atomic E-state index is 0.725. The second kappa shape index (κ2) is 5.01. The van der Waals surface area contributed by atoms with Crippen LogP contribution >= 0.6 is 0 Å². The van der Waals surface area contributed by atoms with E-state index < -0.39 is 8.07 Å². The van der Waals surface area contributed by atoms with E-state index in [0.717, 1.165) is 5.54 Å². The molecule has 0 radical (unpaired) electrons. The molecular weight excluding hydrogens is 268 g/mol. The van der Waals surface area contributed by atoms with Gasteiger partial charge in [-0.05, 0) is 17.1 Å². The Hall–Kier alpha value is -2.12. The van der Waals surface area contributed by atoms with Crippen molar-refractivity contribution in [2.24, 2.45) is 0 Å². The summed E-state index contributed by atoms with van der Waals surface area (Å²) in [6, 6.07) is 34.7. The Kier molecular flexibility index (Phi) is 3.01. The van der Waals surface area contributed by atoms with Crippen LogP contribution in [0.15, 0.2) is 91.0 Å². The van der Waals surface area contributed by atoms with Gasteiger partial charge in [-0.1, -0.05) is 101 Å². The van der Waals surface area contributed by atoms with Gasteiger partial charge in [0, 0.05) is 0 Å². The van der Waals surface area contributed by atoms with E-state index in [1.54, 1.807) is 10.4 Å². The standard InChI is InChI=1S/C20H18Si/c1-4-10-17(11-5-1)20-16-21(20,18-12-6-2-7-13-18)19-14-8-3-9-15-19/h1-15,20H,16H2. The molecule has 3 aromatic carbocycles. The maximum Gasteiger partial charge on any atom is 0.125 e. The summed E-state index contributed by atoms with van der Waals surface area (Å²) in [6.07, 6.45) is 0. The van der Waals surface area contributed by atoms with Gasteiger partial charge in [0.25, 0.3) is 0 Å². The van der Waals surface area contributed by atoms with Gasteiger partial charge in [0.2, 0.25) is 0 Å². The van der Waals surface area contributed by atoms with Gasteiger partial charge in [0.05, 0.1) is 0 Å². The molecule has 0 aromatic heterocycles. The summed E-state index contributed by atoms with van der Waals surface area (Å²) in [7, 11) is -1.58. The molecule has 1 aliphatic heterocycles. The highest BCUT2D eigenvalue weighted by Crippen LogP contribution is 2.49. The lowest BCUT2D eigenvalue weighted by atomic mass is 10.2. The van der Waals surface area contributed by atoms with Crippen LogP contribution in [-0.2, 0) is 0 Å². The fraction of sp³-hybridized carbons (Fsp3) is 0.100. The number of hydrogen-bond donors (Lipinski definition) is 0. The Morgan fingerprint density at radius 3 is 1.48 bits per heavy atom. The molecule has 0 aliphatic carbocycles. The Morgan fingerprint density at radius 2 is 1.00 bits per heavy atom. The third kappa shape index (κ3) is 2.05. The first-order chi connectivity index (χ1) is 10.4. The summed E-state index contributed by atoms with van der Waals surface area (Å²) in [5, 5.41) is 3.15. The van der Waals surface area contributed by atoms with Gasteiger partial charge in [0.15, 0.2) is 0 Å². The van der Waals surface area contributed by atoms with E-state index >= 15 is 0 Å². The zero-order valence-corrected chi connectivity index (χ0v) is 12.9. The summed E-state index contributed by atoms with van der Waals surface area (Å²) in [5.41, 5.74) is 2.24. The molecule has 21 heavy (non-hydrogen) atoms. The fourth-order valence-corrected chi connectivity index (χ4v) is 8.95. The molecule has 1 atom stereocenters. The van der Waals surface area contributed by atoms with Crippen molar-refractivity contribution in [3.63, 3.8) is 0 Å². The first kappa shape index (κ1) is 12.6. The molecular formula is C20H18Si. The zero-order chi connectivity index (χ0) is 14.1. The van der Waals surface area contributed by atoms with Crippen LogP contribution in [0.4, 0.5) is 0 Å². The molecule has 0 amide bonds. The first-order valence-corrected chi connectivity index (χ1v) is 9.86. The topological polar surface area (TPSA) is 0 Å². The van der Waals surface area contributed by atoms with Crippen LogP contribution in [0.25, 0.3) is 0 Å². The predicted molar refractivity (Wildman–Crippen MR) is 91.9 cm³/mol. The second-order valence-corrected chi connectivity index (χ2v) is 10.1. The van der Waals surface area contributed by atoms with Crippen LogP contribution < -0.4 is 10.4 Å². The lowest BCUT2D eigenvalue weighted by Gasteiger charge is -2.17. The second-order valence-electron chi connectivity index (χ2n) is 5.87. The van der Waals surface area contributed by atoms with Crippen molar-refractivity contribution < 1.29 is 0 Å². The Bertz CT molecular complexity index is 680. The number of rotatable bonds is 3. The van der Waals surface area contributed by atoms with E-state index in [9.17, 15) is 0 Å². The lowest BCUT2D eigenvalue weighted by Crippen LogP contribution is -2.47.